The lowest BCUT2D eigenvalue weighted by atomic mass is 9.93. The number of carbonyl (C=O) groups is 1. The maximum Gasteiger partial charge on any atom is 0.173 e. The maximum atomic E-state index is 12.5. The van der Waals surface area contributed by atoms with Crippen molar-refractivity contribution in [3.63, 3.8) is 0 Å². The fraction of sp³-hybridized carbons (Fsp3) is 0.500. The molecule has 4 nitrogen and oxygen atoms in total. The van der Waals surface area contributed by atoms with Crippen LogP contribution >= 0.6 is 0 Å². The van der Waals surface area contributed by atoms with Gasteiger partial charge < -0.3 is 14.8 Å². The number of hydrogen-bond acceptors (Lipinski definition) is 4. The number of Topliss-reactive ketones (excluding diaryl/α,β-unsaturated/α-hetero) is 1. The molecule has 0 aromatic heterocycles. The summed E-state index contributed by atoms with van der Waals surface area (Å²) in [6.45, 7) is 3.95. The first-order valence-corrected chi connectivity index (χ1v) is 6.26. The predicted molar refractivity (Wildman–Crippen MR) is 69.1 cm³/mol. The lowest BCUT2D eigenvalue weighted by molar-refractivity contribution is 0.0888. The summed E-state index contributed by atoms with van der Waals surface area (Å²) in [5.41, 5.74) is 0.637. The van der Waals surface area contributed by atoms with Gasteiger partial charge in [-0.05, 0) is 18.7 Å². The van der Waals surface area contributed by atoms with Crippen molar-refractivity contribution in [3.05, 3.63) is 29.8 Å². The average molecular weight is 249 g/mol. The largest absolute Gasteiger partial charge is 0.496 e. The number of methoxy groups -OCH3 is 1. The Labute approximate surface area is 107 Å². The SMILES string of the molecule is CCNC1COCC1C(=O)c1ccccc1OC. The molecular formula is C14H19NO3. The summed E-state index contributed by atoms with van der Waals surface area (Å²) in [6, 6.07) is 7.44. The van der Waals surface area contributed by atoms with Gasteiger partial charge in [0.15, 0.2) is 5.78 Å². The third kappa shape index (κ3) is 2.54. The molecule has 0 amide bonds. The number of likely N-dealkylation sites (N-methyl/N-ethyl adjacent to an activating group) is 1. The zero-order chi connectivity index (χ0) is 13.0. The number of para-hydroxylation sites is 1. The van der Waals surface area contributed by atoms with E-state index in [0.29, 0.717) is 24.5 Å². The molecule has 1 heterocycles. The van der Waals surface area contributed by atoms with Gasteiger partial charge in [-0.15, -0.1) is 0 Å². The van der Waals surface area contributed by atoms with Gasteiger partial charge in [-0.1, -0.05) is 19.1 Å². The number of benzene rings is 1. The molecule has 2 atom stereocenters. The van der Waals surface area contributed by atoms with E-state index in [0.717, 1.165) is 6.54 Å². The second-order valence-electron chi connectivity index (χ2n) is 4.37. The van der Waals surface area contributed by atoms with Gasteiger partial charge in [-0.3, -0.25) is 4.79 Å². The highest BCUT2D eigenvalue weighted by molar-refractivity contribution is 6.01. The molecule has 1 N–H and O–H groups in total. The molecule has 0 bridgehead atoms. The van der Waals surface area contributed by atoms with Crippen LogP contribution in [-0.4, -0.2) is 38.7 Å². The average Bonchev–Trinajstić information content (AvgIpc) is 2.86. The molecule has 0 aliphatic carbocycles. The van der Waals surface area contributed by atoms with Crippen molar-refractivity contribution < 1.29 is 14.3 Å². The van der Waals surface area contributed by atoms with Crippen LogP contribution in [0.4, 0.5) is 0 Å². The summed E-state index contributed by atoms with van der Waals surface area (Å²) in [7, 11) is 1.58. The normalized spacial score (nSPS) is 23.0. The van der Waals surface area contributed by atoms with Crippen LogP contribution in [-0.2, 0) is 4.74 Å². The van der Waals surface area contributed by atoms with Crippen molar-refractivity contribution in [1.82, 2.24) is 5.32 Å². The van der Waals surface area contributed by atoms with Crippen LogP contribution in [0.3, 0.4) is 0 Å². The first-order chi connectivity index (χ1) is 8.77. The third-order valence-electron chi connectivity index (χ3n) is 3.26. The van der Waals surface area contributed by atoms with Crippen molar-refractivity contribution in [1.29, 1.82) is 0 Å². The smallest absolute Gasteiger partial charge is 0.173 e. The van der Waals surface area contributed by atoms with Crippen LogP contribution in [0.2, 0.25) is 0 Å². The summed E-state index contributed by atoms with van der Waals surface area (Å²) >= 11 is 0. The summed E-state index contributed by atoms with van der Waals surface area (Å²) in [4.78, 5) is 12.5. The van der Waals surface area contributed by atoms with Crippen LogP contribution in [0, 0.1) is 5.92 Å². The molecule has 1 aromatic carbocycles. The Kier molecular flexibility index (Phi) is 4.33. The van der Waals surface area contributed by atoms with E-state index in [1.165, 1.54) is 0 Å². The van der Waals surface area contributed by atoms with Gasteiger partial charge in [0.1, 0.15) is 5.75 Å². The highest BCUT2D eigenvalue weighted by atomic mass is 16.5. The number of hydrogen-bond donors (Lipinski definition) is 1. The molecule has 1 aromatic rings. The molecular weight excluding hydrogens is 230 g/mol. The minimum atomic E-state index is -0.124. The minimum Gasteiger partial charge on any atom is -0.496 e. The zero-order valence-electron chi connectivity index (χ0n) is 10.8. The molecule has 2 rings (SSSR count). The van der Waals surface area contributed by atoms with Gasteiger partial charge in [0.05, 0.1) is 31.8 Å². The zero-order valence-corrected chi connectivity index (χ0v) is 10.8. The van der Waals surface area contributed by atoms with Gasteiger partial charge in [-0.2, -0.15) is 0 Å². The van der Waals surface area contributed by atoms with E-state index in [1.807, 2.05) is 31.2 Å². The van der Waals surface area contributed by atoms with E-state index in [-0.39, 0.29) is 17.7 Å². The highest BCUT2D eigenvalue weighted by Crippen LogP contribution is 2.25. The second kappa shape index (κ2) is 5.98. The van der Waals surface area contributed by atoms with E-state index in [9.17, 15) is 4.79 Å². The van der Waals surface area contributed by atoms with E-state index in [1.54, 1.807) is 7.11 Å². The van der Waals surface area contributed by atoms with E-state index in [4.69, 9.17) is 9.47 Å². The lowest BCUT2D eigenvalue weighted by Gasteiger charge is -2.18. The summed E-state index contributed by atoms with van der Waals surface area (Å²) in [5.74, 6) is 0.599. The molecule has 1 fully saturated rings. The second-order valence-corrected chi connectivity index (χ2v) is 4.37. The fourth-order valence-corrected chi connectivity index (χ4v) is 2.32. The van der Waals surface area contributed by atoms with Gasteiger partial charge in [0, 0.05) is 6.04 Å². The number of rotatable bonds is 5. The van der Waals surface area contributed by atoms with Gasteiger partial charge in [-0.25, -0.2) is 0 Å². The molecule has 2 unspecified atom stereocenters. The van der Waals surface area contributed by atoms with Gasteiger partial charge in [0.25, 0.3) is 0 Å². The van der Waals surface area contributed by atoms with E-state index >= 15 is 0 Å². The Balaban J connectivity index is 2.20. The van der Waals surface area contributed by atoms with Crippen molar-refractivity contribution in [2.75, 3.05) is 26.9 Å². The molecule has 18 heavy (non-hydrogen) atoms. The molecule has 0 radical (unpaired) electrons. The van der Waals surface area contributed by atoms with Crippen LogP contribution in [0.25, 0.3) is 0 Å². The van der Waals surface area contributed by atoms with Crippen molar-refractivity contribution >= 4 is 5.78 Å². The first-order valence-electron chi connectivity index (χ1n) is 6.26. The maximum absolute atomic E-state index is 12.5. The van der Waals surface area contributed by atoms with Gasteiger partial charge >= 0.3 is 0 Å². The minimum absolute atomic E-state index is 0.0934. The predicted octanol–water partition coefficient (Wildman–Crippen LogP) is 1.50. The fourth-order valence-electron chi connectivity index (χ4n) is 2.32. The monoisotopic (exact) mass is 249 g/mol. The Morgan fingerprint density at radius 3 is 2.94 bits per heavy atom. The topological polar surface area (TPSA) is 47.6 Å². The lowest BCUT2D eigenvalue weighted by Crippen LogP contribution is -2.39. The molecule has 98 valence electrons. The first kappa shape index (κ1) is 13.1. The number of nitrogens with one attached hydrogen (secondary N) is 1. The molecule has 1 aliphatic rings. The third-order valence-corrected chi connectivity index (χ3v) is 3.26. The Morgan fingerprint density at radius 2 is 2.22 bits per heavy atom. The van der Waals surface area contributed by atoms with Crippen molar-refractivity contribution in [2.45, 2.75) is 13.0 Å². The number of carbonyl (C=O) groups excluding carboxylic acids is 1. The quantitative estimate of drug-likeness (QED) is 0.803. The summed E-state index contributed by atoms with van der Waals surface area (Å²) in [6.07, 6.45) is 0. The Bertz CT molecular complexity index is 419. The van der Waals surface area contributed by atoms with Crippen LogP contribution in [0.5, 0.6) is 5.75 Å². The van der Waals surface area contributed by atoms with Crippen LogP contribution in [0.1, 0.15) is 17.3 Å². The highest BCUT2D eigenvalue weighted by Gasteiger charge is 2.34. The van der Waals surface area contributed by atoms with E-state index in [2.05, 4.69) is 5.32 Å². The number of ether oxygens (including phenoxy) is 2. The molecule has 1 aliphatic heterocycles. The summed E-state index contributed by atoms with van der Waals surface area (Å²) in [5, 5.41) is 3.30. The summed E-state index contributed by atoms with van der Waals surface area (Å²) < 4.78 is 10.7. The van der Waals surface area contributed by atoms with Crippen LogP contribution in [0.15, 0.2) is 24.3 Å². The Morgan fingerprint density at radius 1 is 1.44 bits per heavy atom. The van der Waals surface area contributed by atoms with E-state index < -0.39 is 0 Å². The standard InChI is InChI=1S/C14H19NO3/c1-3-15-12-9-18-8-11(12)14(16)10-6-4-5-7-13(10)17-2/h4-7,11-12,15H,3,8-9H2,1-2H3. The molecule has 1 saturated heterocycles. The van der Waals surface area contributed by atoms with Crippen LogP contribution < -0.4 is 10.1 Å². The molecule has 4 heteroatoms. The number of ketones is 1. The molecule has 0 spiro atoms. The molecule has 0 saturated carbocycles. The Hall–Kier alpha value is -1.39. The van der Waals surface area contributed by atoms with Crippen molar-refractivity contribution in [3.8, 4) is 5.75 Å². The van der Waals surface area contributed by atoms with Gasteiger partial charge in [0.2, 0.25) is 0 Å². The van der Waals surface area contributed by atoms with Crippen molar-refractivity contribution in [2.24, 2.45) is 5.92 Å².